The lowest BCUT2D eigenvalue weighted by Crippen LogP contribution is -2.32. The van der Waals surface area contributed by atoms with Crippen molar-refractivity contribution >= 4 is 11.4 Å². The fourth-order valence-corrected chi connectivity index (χ4v) is 5.27. The Bertz CT molecular complexity index is 1160. The van der Waals surface area contributed by atoms with Crippen molar-refractivity contribution in [3.05, 3.63) is 29.2 Å². The van der Waals surface area contributed by atoms with Gasteiger partial charge in [0, 0.05) is 32.2 Å². The first-order valence-electron chi connectivity index (χ1n) is 13.2. The first kappa shape index (κ1) is 25.0. The Labute approximate surface area is 213 Å². The molecule has 2 aliphatic rings. The Hall–Kier alpha value is -2.71. The molecule has 3 heterocycles. The molecule has 1 atom stereocenters. The van der Waals surface area contributed by atoms with E-state index in [9.17, 15) is 0 Å². The normalized spacial score (nSPS) is 17.8. The van der Waals surface area contributed by atoms with Crippen LogP contribution in [-0.4, -0.2) is 56.7 Å². The lowest BCUT2D eigenvalue weighted by Gasteiger charge is -2.26. The van der Waals surface area contributed by atoms with Crippen molar-refractivity contribution in [2.24, 2.45) is 11.8 Å². The van der Waals surface area contributed by atoms with Crippen LogP contribution in [0.25, 0.3) is 17.0 Å². The van der Waals surface area contributed by atoms with Crippen LogP contribution in [0.4, 0.5) is 5.69 Å². The summed E-state index contributed by atoms with van der Waals surface area (Å²) < 4.78 is 31.5. The van der Waals surface area contributed by atoms with E-state index in [2.05, 4.69) is 11.8 Å². The van der Waals surface area contributed by atoms with Gasteiger partial charge in [-0.05, 0) is 63.1 Å². The Morgan fingerprint density at radius 3 is 2.36 bits per heavy atom. The summed E-state index contributed by atoms with van der Waals surface area (Å²) in [6, 6.07) is 4.02. The zero-order valence-corrected chi connectivity index (χ0v) is 22.3. The summed E-state index contributed by atoms with van der Waals surface area (Å²) in [5.41, 5.74) is 5.67. The summed E-state index contributed by atoms with van der Waals surface area (Å²) in [7, 11) is 3.37. The number of oxazole rings is 1. The number of fused-ring (bicyclic) bond motifs is 1. The molecule has 0 N–H and O–H groups in total. The number of anilines is 1. The molecule has 2 aromatic heterocycles. The first-order valence-corrected chi connectivity index (χ1v) is 13.2. The lowest BCUT2D eigenvalue weighted by molar-refractivity contribution is 0.133. The van der Waals surface area contributed by atoms with Crippen LogP contribution in [0.3, 0.4) is 0 Å². The molecule has 1 saturated carbocycles. The van der Waals surface area contributed by atoms with Crippen LogP contribution in [-0.2, 0) is 22.5 Å². The predicted molar refractivity (Wildman–Crippen MR) is 139 cm³/mol. The van der Waals surface area contributed by atoms with Crippen molar-refractivity contribution in [3.63, 3.8) is 0 Å². The SMILES string of the molecule is CCOCc1cc(OC)c(-c2c(C)oc3c(N(CC4CC4)CC4CCOC4)c(CC)nn23)c(OC)c1. The molecule has 1 aliphatic carbocycles. The average molecular weight is 498 g/mol. The van der Waals surface area contributed by atoms with Crippen LogP contribution in [0.15, 0.2) is 16.5 Å². The number of methoxy groups -OCH3 is 2. The Morgan fingerprint density at radius 2 is 1.78 bits per heavy atom. The second-order valence-electron chi connectivity index (χ2n) is 9.96. The fraction of sp³-hybridized carbons (Fsp3) is 0.607. The molecule has 36 heavy (non-hydrogen) atoms. The quantitative estimate of drug-likeness (QED) is 0.337. The van der Waals surface area contributed by atoms with Crippen molar-refractivity contribution in [3.8, 4) is 22.8 Å². The highest BCUT2D eigenvalue weighted by Gasteiger charge is 2.33. The molecule has 0 bridgehead atoms. The van der Waals surface area contributed by atoms with Gasteiger partial charge in [-0.1, -0.05) is 6.92 Å². The Balaban J connectivity index is 1.63. The third kappa shape index (κ3) is 4.81. The molecule has 5 rings (SSSR count). The molecule has 1 saturated heterocycles. The zero-order chi connectivity index (χ0) is 25.2. The Kier molecular flexibility index (Phi) is 7.44. The van der Waals surface area contributed by atoms with Crippen molar-refractivity contribution in [1.29, 1.82) is 0 Å². The molecule has 2 fully saturated rings. The second kappa shape index (κ2) is 10.7. The number of nitrogens with zero attached hydrogens (tertiary/aromatic N) is 3. The van der Waals surface area contributed by atoms with Crippen molar-refractivity contribution in [1.82, 2.24) is 9.61 Å². The van der Waals surface area contributed by atoms with Crippen LogP contribution in [0, 0.1) is 18.8 Å². The fourth-order valence-electron chi connectivity index (χ4n) is 5.27. The number of hydrogen-bond donors (Lipinski definition) is 0. The zero-order valence-electron chi connectivity index (χ0n) is 22.3. The summed E-state index contributed by atoms with van der Waals surface area (Å²) in [6.07, 6.45) is 4.54. The van der Waals surface area contributed by atoms with Gasteiger partial charge in [0.1, 0.15) is 28.6 Å². The van der Waals surface area contributed by atoms with E-state index >= 15 is 0 Å². The maximum Gasteiger partial charge on any atom is 0.246 e. The summed E-state index contributed by atoms with van der Waals surface area (Å²) in [5, 5.41) is 5.09. The van der Waals surface area contributed by atoms with Gasteiger partial charge in [0.25, 0.3) is 0 Å². The van der Waals surface area contributed by atoms with Crippen LogP contribution in [0.2, 0.25) is 0 Å². The van der Waals surface area contributed by atoms with Gasteiger partial charge in [0.2, 0.25) is 5.71 Å². The first-order chi connectivity index (χ1) is 17.6. The average Bonchev–Trinajstić information content (AvgIpc) is 3.28. The van der Waals surface area contributed by atoms with Crippen LogP contribution in [0.1, 0.15) is 50.1 Å². The van der Waals surface area contributed by atoms with E-state index in [0.717, 1.165) is 84.7 Å². The predicted octanol–water partition coefficient (Wildman–Crippen LogP) is 5.27. The molecule has 0 radical (unpaired) electrons. The lowest BCUT2D eigenvalue weighted by atomic mass is 10.0. The molecule has 1 unspecified atom stereocenters. The van der Waals surface area contributed by atoms with E-state index in [4.69, 9.17) is 28.5 Å². The van der Waals surface area contributed by atoms with Crippen LogP contribution >= 0.6 is 0 Å². The topological polar surface area (TPSA) is 70.6 Å². The van der Waals surface area contributed by atoms with Crippen molar-refractivity contribution < 1.29 is 23.4 Å². The molecule has 3 aromatic rings. The molecule has 1 aliphatic heterocycles. The molecule has 0 amide bonds. The minimum Gasteiger partial charge on any atom is -0.496 e. The number of hydrogen-bond acceptors (Lipinski definition) is 7. The van der Waals surface area contributed by atoms with Gasteiger partial charge in [-0.25, -0.2) is 0 Å². The highest BCUT2D eigenvalue weighted by molar-refractivity contribution is 5.81. The van der Waals surface area contributed by atoms with Gasteiger partial charge in [0.15, 0.2) is 0 Å². The monoisotopic (exact) mass is 497 g/mol. The minimum atomic E-state index is 0.496. The molecular weight excluding hydrogens is 458 g/mol. The van der Waals surface area contributed by atoms with E-state index in [1.54, 1.807) is 14.2 Å². The second-order valence-corrected chi connectivity index (χ2v) is 9.96. The van der Waals surface area contributed by atoms with E-state index in [1.165, 1.54) is 12.8 Å². The van der Waals surface area contributed by atoms with Gasteiger partial charge in [-0.3, -0.25) is 0 Å². The molecule has 0 spiro atoms. The van der Waals surface area contributed by atoms with Crippen molar-refractivity contribution in [2.45, 2.75) is 53.1 Å². The molecule has 8 heteroatoms. The molecule has 196 valence electrons. The highest BCUT2D eigenvalue weighted by atomic mass is 16.5. The number of ether oxygens (including phenoxy) is 4. The van der Waals surface area contributed by atoms with Gasteiger partial charge < -0.3 is 28.3 Å². The van der Waals surface area contributed by atoms with E-state index in [-0.39, 0.29) is 0 Å². The smallest absolute Gasteiger partial charge is 0.246 e. The largest absolute Gasteiger partial charge is 0.496 e. The van der Waals surface area contributed by atoms with E-state index < -0.39 is 0 Å². The molecule has 1 aromatic carbocycles. The van der Waals surface area contributed by atoms with Gasteiger partial charge in [-0.2, -0.15) is 9.61 Å². The summed E-state index contributed by atoms with van der Waals surface area (Å²) in [5.74, 6) is 3.49. The Morgan fingerprint density at radius 1 is 1.06 bits per heavy atom. The van der Waals surface area contributed by atoms with Crippen LogP contribution in [0.5, 0.6) is 11.5 Å². The van der Waals surface area contributed by atoms with Gasteiger partial charge in [-0.15, -0.1) is 0 Å². The maximum absolute atomic E-state index is 6.50. The number of benzene rings is 1. The standard InChI is InChI=1S/C28H39N3O5/c1-6-22-27(30(14-19-8-9-19)15-20-10-11-35-16-20)28-31(29-22)26(18(3)36-28)25-23(32-4)12-21(17-34-7-2)13-24(25)33-5/h12-13,19-20H,6-11,14-17H2,1-5H3. The third-order valence-electron chi connectivity index (χ3n) is 7.29. The van der Waals surface area contributed by atoms with Crippen LogP contribution < -0.4 is 14.4 Å². The van der Waals surface area contributed by atoms with Crippen molar-refractivity contribution in [2.75, 3.05) is 52.0 Å². The highest BCUT2D eigenvalue weighted by Crippen LogP contribution is 2.44. The summed E-state index contributed by atoms with van der Waals surface area (Å²) >= 11 is 0. The van der Waals surface area contributed by atoms with E-state index in [0.29, 0.717) is 30.6 Å². The number of rotatable bonds is 12. The van der Waals surface area contributed by atoms with Gasteiger partial charge >= 0.3 is 0 Å². The third-order valence-corrected chi connectivity index (χ3v) is 7.29. The number of aromatic nitrogens is 2. The van der Waals surface area contributed by atoms with Gasteiger partial charge in [0.05, 0.1) is 38.7 Å². The molecule has 8 nitrogen and oxygen atoms in total. The van der Waals surface area contributed by atoms with E-state index in [1.807, 2.05) is 30.5 Å². The summed E-state index contributed by atoms with van der Waals surface area (Å²) in [4.78, 5) is 2.52. The maximum atomic E-state index is 6.50. The minimum absolute atomic E-state index is 0.496. The molecular formula is C28H39N3O5. The number of aryl methyl sites for hydroxylation is 2. The summed E-state index contributed by atoms with van der Waals surface area (Å²) in [6.45, 7) is 11.0.